The van der Waals surface area contributed by atoms with Gasteiger partial charge < -0.3 is 24.4 Å². The zero-order chi connectivity index (χ0) is 18.4. The van der Waals surface area contributed by atoms with Crippen molar-refractivity contribution in [1.29, 1.82) is 0 Å². The number of hydrogen-bond donors (Lipinski definition) is 1. The molecule has 8 heteroatoms. The highest BCUT2D eigenvalue weighted by molar-refractivity contribution is 5.84. The summed E-state index contributed by atoms with van der Waals surface area (Å²) >= 11 is 0. The van der Waals surface area contributed by atoms with Gasteiger partial charge in [-0.3, -0.25) is 14.4 Å². The molecule has 1 aromatic carbocycles. The van der Waals surface area contributed by atoms with E-state index in [4.69, 9.17) is 14.2 Å². The van der Waals surface area contributed by atoms with Gasteiger partial charge in [-0.25, -0.2) is 0 Å². The molecule has 2 aliphatic heterocycles. The second-order valence-electron chi connectivity index (χ2n) is 6.25. The average molecular weight is 362 g/mol. The van der Waals surface area contributed by atoms with E-state index in [-0.39, 0.29) is 32.4 Å². The lowest BCUT2D eigenvalue weighted by Gasteiger charge is -2.19. The predicted molar refractivity (Wildman–Crippen MR) is 90.4 cm³/mol. The molecule has 2 amide bonds. The van der Waals surface area contributed by atoms with Crippen LogP contribution in [0.25, 0.3) is 0 Å². The number of likely N-dealkylation sites (tertiary alicyclic amines) is 1. The molecule has 8 nitrogen and oxygen atoms in total. The molecule has 0 spiro atoms. The third-order valence-electron chi connectivity index (χ3n) is 4.28. The fourth-order valence-corrected chi connectivity index (χ4v) is 2.86. The summed E-state index contributed by atoms with van der Waals surface area (Å²) in [5, 5.41) is 2.67. The molecule has 3 rings (SSSR count). The van der Waals surface area contributed by atoms with E-state index in [1.807, 2.05) is 6.07 Å². The topological polar surface area (TPSA) is 94.2 Å². The van der Waals surface area contributed by atoms with Crippen molar-refractivity contribution in [1.82, 2.24) is 10.2 Å². The summed E-state index contributed by atoms with van der Waals surface area (Å²) < 4.78 is 15.5. The molecule has 26 heavy (non-hydrogen) atoms. The zero-order valence-corrected chi connectivity index (χ0v) is 14.5. The van der Waals surface area contributed by atoms with Crippen LogP contribution in [0.15, 0.2) is 18.2 Å². The van der Waals surface area contributed by atoms with Crippen LogP contribution in [0.3, 0.4) is 0 Å². The molecule has 1 aromatic rings. The molecule has 0 bridgehead atoms. The Labute approximate surface area is 151 Å². The van der Waals surface area contributed by atoms with Crippen LogP contribution in [0.1, 0.15) is 31.2 Å². The van der Waals surface area contributed by atoms with Crippen molar-refractivity contribution < 1.29 is 28.6 Å². The smallest absolute Gasteiger partial charge is 0.326 e. The highest BCUT2D eigenvalue weighted by atomic mass is 16.7. The maximum Gasteiger partial charge on any atom is 0.326 e. The number of rotatable bonds is 6. The monoisotopic (exact) mass is 362 g/mol. The Morgan fingerprint density at radius 3 is 2.88 bits per heavy atom. The summed E-state index contributed by atoms with van der Waals surface area (Å²) in [5.41, 5.74) is 0.851. The Morgan fingerprint density at radius 1 is 1.15 bits per heavy atom. The van der Waals surface area contributed by atoms with Crippen LogP contribution in [0.2, 0.25) is 0 Å². The molecule has 0 radical (unpaired) electrons. The van der Waals surface area contributed by atoms with E-state index in [1.54, 1.807) is 12.1 Å². The summed E-state index contributed by atoms with van der Waals surface area (Å²) in [5.74, 6) is 0.311. The van der Waals surface area contributed by atoms with E-state index in [9.17, 15) is 14.4 Å². The Kier molecular flexibility index (Phi) is 5.93. The number of nitrogens with zero attached hydrogens (tertiary/aromatic N) is 1. The molecular weight excluding hydrogens is 340 g/mol. The Morgan fingerprint density at radius 2 is 2.00 bits per heavy atom. The first-order valence-electron chi connectivity index (χ1n) is 8.70. The van der Waals surface area contributed by atoms with Gasteiger partial charge >= 0.3 is 5.97 Å². The fraction of sp³-hybridized carbons (Fsp3) is 0.500. The zero-order valence-electron chi connectivity index (χ0n) is 14.5. The minimum atomic E-state index is -0.571. The van der Waals surface area contributed by atoms with E-state index >= 15 is 0 Å². The Hall–Kier alpha value is -2.77. The number of fused-ring (bicyclic) bond motifs is 1. The summed E-state index contributed by atoms with van der Waals surface area (Å²) in [4.78, 5) is 37.0. The second kappa shape index (κ2) is 8.55. The number of carbonyl (C=O) groups is 3. The lowest BCUT2D eigenvalue weighted by molar-refractivity contribution is -0.152. The average Bonchev–Trinajstić information content (AvgIpc) is 3.02. The molecule has 1 fully saturated rings. The second-order valence-corrected chi connectivity index (χ2v) is 6.25. The largest absolute Gasteiger partial charge is 0.454 e. The number of nitrogens with one attached hydrogen (secondary N) is 1. The maximum absolute atomic E-state index is 11.8. The third-order valence-corrected chi connectivity index (χ3v) is 4.28. The molecule has 0 aliphatic carbocycles. The highest BCUT2D eigenvalue weighted by Crippen LogP contribution is 2.32. The van der Waals surface area contributed by atoms with Gasteiger partial charge in [-0.05, 0) is 30.5 Å². The van der Waals surface area contributed by atoms with Crippen LogP contribution in [0.5, 0.6) is 11.5 Å². The van der Waals surface area contributed by atoms with Crippen LogP contribution < -0.4 is 14.8 Å². The predicted octanol–water partition coefficient (Wildman–Crippen LogP) is 0.977. The SMILES string of the molecule is O=C(COC(=O)CN1CCCCCC1=O)NCc1ccc2c(c1)OCO2. The van der Waals surface area contributed by atoms with E-state index in [1.165, 1.54) is 4.90 Å². The first-order chi connectivity index (χ1) is 12.6. The first kappa shape index (κ1) is 18.0. The molecule has 1 saturated heterocycles. The van der Waals surface area contributed by atoms with Crippen molar-refractivity contribution in [2.24, 2.45) is 0 Å². The summed E-state index contributed by atoms with van der Waals surface area (Å²) in [6, 6.07) is 5.40. The summed E-state index contributed by atoms with van der Waals surface area (Å²) in [6.07, 6.45) is 3.19. The van der Waals surface area contributed by atoms with E-state index in [0.29, 0.717) is 24.5 Å². The van der Waals surface area contributed by atoms with Crippen LogP contribution in [-0.4, -0.2) is 49.2 Å². The van der Waals surface area contributed by atoms with Crippen LogP contribution in [0.4, 0.5) is 0 Å². The van der Waals surface area contributed by atoms with Crippen molar-refractivity contribution in [2.45, 2.75) is 32.2 Å². The van der Waals surface area contributed by atoms with Crippen LogP contribution in [0, 0.1) is 0 Å². The molecule has 0 unspecified atom stereocenters. The van der Waals surface area contributed by atoms with Gasteiger partial charge in [0.15, 0.2) is 18.1 Å². The van der Waals surface area contributed by atoms with Crippen molar-refractivity contribution in [3.8, 4) is 11.5 Å². The van der Waals surface area contributed by atoms with Gasteiger partial charge in [0, 0.05) is 19.5 Å². The van der Waals surface area contributed by atoms with E-state index in [2.05, 4.69) is 5.32 Å². The third kappa shape index (κ3) is 4.87. The number of hydrogen-bond acceptors (Lipinski definition) is 6. The molecule has 2 aliphatic rings. The number of amides is 2. The normalized spacial score (nSPS) is 16.2. The van der Waals surface area contributed by atoms with Gasteiger partial charge in [-0.2, -0.15) is 0 Å². The molecular formula is C18H22N2O6. The van der Waals surface area contributed by atoms with E-state index in [0.717, 1.165) is 24.8 Å². The first-order valence-corrected chi connectivity index (χ1v) is 8.70. The number of benzene rings is 1. The highest BCUT2D eigenvalue weighted by Gasteiger charge is 2.20. The Bertz CT molecular complexity index is 690. The maximum atomic E-state index is 11.8. The van der Waals surface area contributed by atoms with Gasteiger partial charge in [0.2, 0.25) is 12.7 Å². The van der Waals surface area contributed by atoms with Gasteiger partial charge in [-0.15, -0.1) is 0 Å². The van der Waals surface area contributed by atoms with Crippen molar-refractivity contribution in [3.05, 3.63) is 23.8 Å². The standard InChI is InChI=1S/C18H22N2O6/c21-16(19-9-13-5-6-14-15(8-13)26-12-25-14)11-24-18(23)10-20-7-3-1-2-4-17(20)22/h5-6,8H,1-4,7,9-12H2,(H,19,21). The molecule has 140 valence electrons. The van der Waals surface area contributed by atoms with Gasteiger partial charge in [-0.1, -0.05) is 12.5 Å². The van der Waals surface area contributed by atoms with Crippen molar-refractivity contribution in [3.63, 3.8) is 0 Å². The van der Waals surface area contributed by atoms with Crippen LogP contribution >= 0.6 is 0 Å². The van der Waals surface area contributed by atoms with Gasteiger partial charge in [0.05, 0.1) is 0 Å². The number of esters is 1. The number of carbonyl (C=O) groups excluding carboxylic acids is 3. The molecule has 0 atom stereocenters. The fourth-order valence-electron chi connectivity index (χ4n) is 2.86. The Balaban J connectivity index is 1.38. The quantitative estimate of drug-likeness (QED) is 0.758. The van der Waals surface area contributed by atoms with Crippen molar-refractivity contribution in [2.75, 3.05) is 26.5 Å². The number of ether oxygens (including phenoxy) is 3. The minimum absolute atomic E-state index is 0.0355. The van der Waals surface area contributed by atoms with Crippen molar-refractivity contribution >= 4 is 17.8 Å². The van der Waals surface area contributed by atoms with Crippen LogP contribution in [-0.2, 0) is 25.7 Å². The minimum Gasteiger partial charge on any atom is -0.454 e. The van der Waals surface area contributed by atoms with E-state index < -0.39 is 11.9 Å². The molecule has 0 aromatic heterocycles. The summed E-state index contributed by atoms with van der Waals surface area (Å²) in [7, 11) is 0. The lowest BCUT2D eigenvalue weighted by Crippen LogP contribution is -2.37. The molecule has 1 N–H and O–H groups in total. The van der Waals surface area contributed by atoms with Gasteiger partial charge in [0.1, 0.15) is 6.54 Å². The molecule has 0 saturated carbocycles. The molecule has 2 heterocycles. The lowest BCUT2D eigenvalue weighted by atomic mass is 10.2. The van der Waals surface area contributed by atoms with Gasteiger partial charge in [0.25, 0.3) is 5.91 Å². The summed E-state index contributed by atoms with van der Waals surface area (Å²) in [6.45, 7) is 0.572.